The number of hydrogen-bond acceptors (Lipinski definition) is 3. The fraction of sp³-hybridized carbons (Fsp3) is 0.938. The average molecular weight is 318 g/mol. The van der Waals surface area contributed by atoms with Gasteiger partial charge in [-0.1, -0.05) is 13.8 Å². The summed E-state index contributed by atoms with van der Waals surface area (Å²) in [7, 11) is 0. The third-order valence-corrected chi connectivity index (χ3v) is 4.80. The maximum Gasteiger partial charge on any atom is 0.263 e. The highest BCUT2D eigenvalue weighted by Crippen LogP contribution is 2.37. The van der Waals surface area contributed by atoms with Crippen molar-refractivity contribution in [3.63, 3.8) is 0 Å². The first kappa shape index (κ1) is 17.6. The van der Waals surface area contributed by atoms with Gasteiger partial charge in [0.2, 0.25) is 5.91 Å². The second-order valence-corrected chi connectivity index (χ2v) is 6.82. The second-order valence-electron chi connectivity index (χ2n) is 6.82. The number of ether oxygens (including phenoxy) is 1. The lowest BCUT2D eigenvalue weighted by Crippen LogP contribution is -2.52. The molecule has 0 radical (unpaired) electrons. The largest absolute Gasteiger partial charge is 0.377 e. The Balaban J connectivity index is 1.83. The number of hydrogen-bond donors (Lipinski definition) is 0. The molecule has 2 aliphatic heterocycles. The molecule has 0 bridgehead atoms. The Morgan fingerprint density at radius 1 is 1.32 bits per heavy atom. The first-order valence-electron chi connectivity index (χ1n) is 8.33. The normalized spacial score (nSPS) is 29.3. The smallest absolute Gasteiger partial charge is 0.263 e. The summed E-state index contributed by atoms with van der Waals surface area (Å²) < 4.78 is 33.9. The average Bonchev–Trinajstić information content (AvgIpc) is 2.86. The van der Waals surface area contributed by atoms with E-state index in [1.54, 1.807) is 9.80 Å². The van der Waals surface area contributed by atoms with Gasteiger partial charge in [-0.3, -0.25) is 9.69 Å². The van der Waals surface area contributed by atoms with Crippen LogP contribution in [0.1, 0.15) is 33.6 Å². The summed E-state index contributed by atoms with van der Waals surface area (Å²) in [6.07, 6.45) is 1.40. The molecule has 2 fully saturated rings. The Bertz CT molecular complexity index is 390. The van der Waals surface area contributed by atoms with Crippen LogP contribution in [-0.4, -0.2) is 67.1 Å². The zero-order valence-electron chi connectivity index (χ0n) is 13.9. The Morgan fingerprint density at radius 2 is 2.05 bits per heavy atom. The summed E-state index contributed by atoms with van der Waals surface area (Å²) in [5.74, 6) is -3.36. The van der Waals surface area contributed by atoms with Crippen LogP contribution in [0.4, 0.5) is 8.78 Å². The van der Waals surface area contributed by atoms with E-state index in [0.717, 1.165) is 6.42 Å². The van der Waals surface area contributed by atoms with E-state index >= 15 is 0 Å². The monoisotopic (exact) mass is 318 g/mol. The number of carbonyl (C=O) groups is 1. The van der Waals surface area contributed by atoms with E-state index in [2.05, 4.69) is 0 Å². The lowest BCUT2D eigenvalue weighted by Gasteiger charge is -2.40. The van der Waals surface area contributed by atoms with E-state index in [9.17, 15) is 13.6 Å². The van der Waals surface area contributed by atoms with E-state index in [1.807, 2.05) is 20.8 Å². The Kier molecular flexibility index (Phi) is 5.77. The standard InChI is InChI=1S/C16H28F2N2O2/c1-4-22-13-5-8-20(9-13)15(21)10-19-7-6-14(12(2)3)16(17,18)11-19/h12-14H,4-11H2,1-3H3. The second kappa shape index (κ2) is 7.21. The number of nitrogens with zero attached hydrogens (tertiary/aromatic N) is 2. The van der Waals surface area contributed by atoms with Gasteiger partial charge in [-0.25, -0.2) is 8.78 Å². The molecule has 0 N–H and O–H groups in total. The van der Waals surface area contributed by atoms with Crippen LogP contribution in [-0.2, 0) is 9.53 Å². The van der Waals surface area contributed by atoms with E-state index in [0.29, 0.717) is 32.7 Å². The number of amides is 1. The Labute approximate surface area is 131 Å². The highest BCUT2D eigenvalue weighted by molar-refractivity contribution is 5.78. The minimum Gasteiger partial charge on any atom is -0.377 e. The summed E-state index contributed by atoms with van der Waals surface area (Å²) >= 11 is 0. The van der Waals surface area contributed by atoms with Crippen LogP contribution in [0, 0.1) is 11.8 Å². The van der Waals surface area contributed by atoms with Gasteiger partial charge in [0, 0.05) is 25.6 Å². The van der Waals surface area contributed by atoms with Crippen LogP contribution in [0.25, 0.3) is 0 Å². The molecule has 0 spiro atoms. The maximum atomic E-state index is 14.2. The van der Waals surface area contributed by atoms with Gasteiger partial charge >= 0.3 is 0 Å². The molecular formula is C16H28F2N2O2. The molecule has 4 nitrogen and oxygen atoms in total. The summed E-state index contributed by atoms with van der Waals surface area (Å²) in [4.78, 5) is 15.6. The number of piperidine rings is 1. The molecule has 0 aromatic rings. The lowest BCUT2D eigenvalue weighted by atomic mass is 9.83. The summed E-state index contributed by atoms with van der Waals surface area (Å²) in [5.41, 5.74) is 0. The molecule has 2 unspecified atom stereocenters. The van der Waals surface area contributed by atoms with Crippen molar-refractivity contribution >= 4 is 5.91 Å². The molecule has 2 atom stereocenters. The van der Waals surface area contributed by atoms with Gasteiger partial charge in [0.1, 0.15) is 0 Å². The van der Waals surface area contributed by atoms with Crippen molar-refractivity contribution < 1.29 is 18.3 Å². The maximum absolute atomic E-state index is 14.2. The summed E-state index contributed by atoms with van der Waals surface area (Å²) in [5, 5.41) is 0. The molecular weight excluding hydrogens is 290 g/mol. The van der Waals surface area contributed by atoms with Crippen molar-refractivity contribution in [1.82, 2.24) is 9.80 Å². The molecule has 0 aromatic carbocycles. The molecule has 2 rings (SSSR count). The highest BCUT2D eigenvalue weighted by Gasteiger charge is 2.46. The molecule has 2 heterocycles. The molecule has 0 aliphatic carbocycles. The zero-order valence-corrected chi connectivity index (χ0v) is 13.9. The van der Waals surface area contributed by atoms with Gasteiger partial charge in [-0.15, -0.1) is 0 Å². The van der Waals surface area contributed by atoms with Crippen molar-refractivity contribution in [1.29, 1.82) is 0 Å². The number of rotatable bonds is 5. The fourth-order valence-electron chi connectivity index (χ4n) is 3.60. The van der Waals surface area contributed by atoms with Crippen molar-refractivity contribution in [2.75, 3.05) is 39.3 Å². The summed E-state index contributed by atoms with van der Waals surface area (Å²) in [6.45, 7) is 7.90. The third-order valence-electron chi connectivity index (χ3n) is 4.80. The van der Waals surface area contributed by atoms with E-state index in [1.165, 1.54) is 0 Å². The van der Waals surface area contributed by atoms with Crippen molar-refractivity contribution in [2.24, 2.45) is 11.8 Å². The molecule has 6 heteroatoms. The van der Waals surface area contributed by atoms with Crippen molar-refractivity contribution in [3.8, 4) is 0 Å². The fourth-order valence-corrected chi connectivity index (χ4v) is 3.60. The van der Waals surface area contributed by atoms with Crippen LogP contribution in [0.3, 0.4) is 0 Å². The Hall–Kier alpha value is -0.750. The molecule has 22 heavy (non-hydrogen) atoms. The molecule has 1 amide bonds. The SMILES string of the molecule is CCOC1CCN(C(=O)CN2CCC(C(C)C)C(F)(F)C2)C1. The molecule has 128 valence electrons. The van der Waals surface area contributed by atoms with E-state index < -0.39 is 11.8 Å². The van der Waals surface area contributed by atoms with E-state index in [-0.39, 0.29) is 31.0 Å². The third kappa shape index (κ3) is 4.16. The minimum atomic E-state index is -2.70. The quantitative estimate of drug-likeness (QED) is 0.779. The number of likely N-dealkylation sites (tertiary alicyclic amines) is 2. The van der Waals surface area contributed by atoms with Crippen LogP contribution in [0.2, 0.25) is 0 Å². The Morgan fingerprint density at radius 3 is 2.64 bits per heavy atom. The highest BCUT2D eigenvalue weighted by atomic mass is 19.3. The number of carbonyl (C=O) groups excluding carboxylic acids is 1. The number of alkyl halides is 2. The first-order chi connectivity index (χ1) is 10.3. The van der Waals surface area contributed by atoms with Crippen molar-refractivity contribution in [3.05, 3.63) is 0 Å². The van der Waals surface area contributed by atoms with Crippen LogP contribution in [0.15, 0.2) is 0 Å². The van der Waals surface area contributed by atoms with E-state index in [4.69, 9.17) is 4.74 Å². The predicted molar refractivity (Wildman–Crippen MR) is 80.9 cm³/mol. The topological polar surface area (TPSA) is 32.8 Å². The van der Waals surface area contributed by atoms with Gasteiger partial charge < -0.3 is 9.64 Å². The zero-order chi connectivity index (χ0) is 16.3. The molecule has 0 saturated carbocycles. The molecule has 2 aliphatic rings. The lowest BCUT2D eigenvalue weighted by molar-refractivity contribution is -0.142. The molecule has 0 aromatic heterocycles. The van der Waals surface area contributed by atoms with Gasteiger partial charge in [0.15, 0.2) is 0 Å². The van der Waals surface area contributed by atoms with Crippen LogP contribution >= 0.6 is 0 Å². The van der Waals surface area contributed by atoms with Crippen molar-refractivity contribution in [2.45, 2.75) is 45.6 Å². The summed E-state index contributed by atoms with van der Waals surface area (Å²) in [6, 6.07) is 0. The van der Waals surface area contributed by atoms with Crippen LogP contribution in [0.5, 0.6) is 0 Å². The van der Waals surface area contributed by atoms with Gasteiger partial charge in [0.25, 0.3) is 5.92 Å². The molecule has 2 saturated heterocycles. The van der Waals surface area contributed by atoms with Crippen LogP contribution < -0.4 is 0 Å². The van der Waals surface area contributed by atoms with Gasteiger partial charge in [0.05, 0.1) is 19.2 Å². The first-order valence-corrected chi connectivity index (χ1v) is 8.33. The van der Waals surface area contributed by atoms with Gasteiger partial charge in [-0.2, -0.15) is 0 Å². The predicted octanol–water partition coefficient (Wildman–Crippen LogP) is 2.24. The number of halogens is 2. The minimum absolute atomic E-state index is 0.0293. The van der Waals surface area contributed by atoms with Gasteiger partial charge in [-0.05, 0) is 32.2 Å².